The predicted octanol–water partition coefficient (Wildman–Crippen LogP) is 0.952. The zero-order valence-electron chi connectivity index (χ0n) is 6.65. The first-order valence-corrected chi connectivity index (χ1v) is 3.87. The van der Waals surface area contributed by atoms with Crippen LogP contribution in [0.5, 0.6) is 0 Å². The SMILES string of the molecule is C#CCCC1(C(F)CC)NN1. The Bertz CT molecular complexity index is 169. The number of hydrogen-bond acceptors (Lipinski definition) is 2. The molecule has 1 unspecified atom stereocenters. The highest BCUT2D eigenvalue weighted by molar-refractivity contribution is 5.03. The summed E-state index contributed by atoms with van der Waals surface area (Å²) in [5.41, 5.74) is 5.13. The summed E-state index contributed by atoms with van der Waals surface area (Å²) in [6.07, 6.45) is 6.04. The van der Waals surface area contributed by atoms with Crippen LogP contribution in [0, 0.1) is 12.3 Å². The summed E-state index contributed by atoms with van der Waals surface area (Å²) in [4.78, 5) is 0. The first-order chi connectivity index (χ1) is 5.25. The average molecular weight is 156 g/mol. The molecule has 3 heteroatoms. The maximum absolute atomic E-state index is 13.1. The van der Waals surface area contributed by atoms with Gasteiger partial charge in [0.2, 0.25) is 0 Å². The molecule has 0 saturated carbocycles. The Hall–Kier alpha value is -0.590. The molecule has 2 N–H and O–H groups in total. The fourth-order valence-corrected chi connectivity index (χ4v) is 1.14. The molecule has 0 spiro atoms. The highest BCUT2D eigenvalue weighted by atomic mass is 19.1. The molecule has 0 aromatic rings. The number of rotatable bonds is 4. The zero-order chi connectivity index (χ0) is 8.32. The quantitative estimate of drug-likeness (QED) is 0.470. The molecule has 1 heterocycles. The van der Waals surface area contributed by atoms with Gasteiger partial charge in [-0.2, -0.15) is 0 Å². The van der Waals surface area contributed by atoms with Crippen molar-refractivity contribution < 1.29 is 4.39 Å². The smallest absolute Gasteiger partial charge is 0.133 e. The fraction of sp³-hybridized carbons (Fsp3) is 0.750. The summed E-state index contributed by atoms with van der Waals surface area (Å²) in [6.45, 7) is 1.82. The monoisotopic (exact) mass is 156 g/mol. The van der Waals surface area contributed by atoms with Gasteiger partial charge in [0, 0.05) is 6.42 Å². The molecule has 0 aromatic carbocycles. The van der Waals surface area contributed by atoms with Gasteiger partial charge in [0.1, 0.15) is 11.8 Å². The molecule has 0 amide bonds. The second kappa shape index (κ2) is 3.21. The van der Waals surface area contributed by atoms with Crippen LogP contribution in [0.4, 0.5) is 4.39 Å². The fourth-order valence-electron chi connectivity index (χ4n) is 1.14. The van der Waals surface area contributed by atoms with Crippen LogP contribution in [0.3, 0.4) is 0 Å². The van der Waals surface area contributed by atoms with Crippen molar-refractivity contribution in [3.05, 3.63) is 0 Å². The summed E-state index contributed by atoms with van der Waals surface area (Å²) >= 11 is 0. The molecule has 11 heavy (non-hydrogen) atoms. The maximum atomic E-state index is 13.1. The van der Waals surface area contributed by atoms with E-state index in [1.165, 1.54) is 0 Å². The maximum Gasteiger partial charge on any atom is 0.133 e. The molecule has 1 aliphatic rings. The lowest BCUT2D eigenvalue weighted by Crippen LogP contribution is -2.30. The molecule has 1 fully saturated rings. The molecule has 2 nitrogen and oxygen atoms in total. The van der Waals surface area contributed by atoms with Gasteiger partial charge in [-0.25, -0.2) is 15.2 Å². The van der Waals surface area contributed by atoms with Gasteiger partial charge in [0.15, 0.2) is 0 Å². The molecule has 62 valence electrons. The number of alkyl halides is 1. The van der Waals surface area contributed by atoms with Crippen LogP contribution < -0.4 is 10.9 Å². The van der Waals surface area contributed by atoms with Gasteiger partial charge in [-0.05, 0) is 12.8 Å². The van der Waals surface area contributed by atoms with Crippen molar-refractivity contribution in [2.45, 2.75) is 38.0 Å². The molecular formula is C8H13FN2. The lowest BCUT2D eigenvalue weighted by atomic mass is 10.0. The van der Waals surface area contributed by atoms with E-state index in [-0.39, 0.29) is 0 Å². The van der Waals surface area contributed by atoms with Gasteiger partial charge in [-0.3, -0.25) is 0 Å². The number of terminal acetylenes is 1. The van der Waals surface area contributed by atoms with Gasteiger partial charge in [0.05, 0.1) is 0 Å². The second-order valence-corrected chi connectivity index (χ2v) is 2.80. The Morgan fingerprint density at radius 1 is 1.64 bits per heavy atom. The largest absolute Gasteiger partial charge is 0.244 e. The van der Waals surface area contributed by atoms with Crippen LogP contribution >= 0.6 is 0 Å². The van der Waals surface area contributed by atoms with E-state index in [4.69, 9.17) is 6.42 Å². The molecule has 0 aromatic heterocycles. The third-order valence-electron chi connectivity index (χ3n) is 2.00. The molecule has 1 aliphatic heterocycles. The minimum Gasteiger partial charge on any atom is -0.244 e. The van der Waals surface area contributed by atoms with Crippen LogP contribution in [0.1, 0.15) is 26.2 Å². The van der Waals surface area contributed by atoms with Gasteiger partial charge >= 0.3 is 0 Å². The third kappa shape index (κ3) is 1.70. The minimum absolute atomic E-state index is 0.499. The summed E-state index contributed by atoms with van der Waals surface area (Å²) < 4.78 is 13.1. The summed E-state index contributed by atoms with van der Waals surface area (Å²) in [7, 11) is 0. The van der Waals surface area contributed by atoms with Gasteiger partial charge in [-0.15, -0.1) is 12.3 Å². The van der Waals surface area contributed by atoms with Crippen molar-refractivity contribution in [3.8, 4) is 12.3 Å². The molecular weight excluding hydrogens is 143 g/mol. The van der Waals surface area contributed by atoms with Gasteiger partial charge in [-0.1, -0.05) is 6.92 Å². The van der Waals surface area contributed by atoms with Crippen molar-refractivity contribution in [1.82, 2.24) is 10.9 Å². The number of hydrogen-bond donors (Lipinski definition) is 2. The number of nitrogens with one attached hydrogen (secondary N) is 2. The molecule has 1 rings (SSSR count). The Kier molecular flexibility index (Phi) is 2.48. The van der Waals surface area contributed by atoms with Crippen molar-refractivity contribution in [3.63, 3.8) is 0 Å². The van der Waals surface area contributed by atoms with E-state index in [0.29, 0.717) is 19.3 Å². The van der Waals surface area contributed by atoms with E-state index in [1.54, 1.807) is 0 Å². The van der Waals surface area contributed by atoms with Crippen molar-refractivity contribution in [1.29, 1.82) is 0 Å². The van der Waals surface area contributed by atoms with Gasteiger partial charge < -0.3 is 0 Å². The van der Waals surface area contributed by atoms with E-state index in [1.807, 2.05) is 6.92 Å². The summed E-state index contributed by atoms with van der Waals surface area (Å²) in [5.74, 6) is 2.50. The first-order valence-electron chi connectivity index (χ1n) is 3.87. The predicted molar refractivity (Wildman–Crippen MR) is 42.3 cm³/mol. The van der Waals surface area contributed by atoms with Crippen LogP contribution in [-0.2, 0) is 0 Å². The zero-order valence-corrected chi connectivity index (χ0v) is 6.65. The van der Waals surface area contributed by atoms with Crippen molar-refractivity contribution in [2.75, 3.05) is 0 Å². The first kappa shape index (κ1) is 8.51. The molecule has 0 radical (unpaired) electrons. The van der Waals surface area contributed by atoms with E-state index in [9.17, 15) is 4.39 Å². The topological polar surface area (TPSA) is 43.9 Å². The Morgan fingerprint density at radius 3 is 2.64 bits per heavy atom. The average Bonchev–Trinajstić information content (AvgIpc) is 2.80. The normalized spacial score (nSPS) is 22.3. The number of hydrazine groups is 1. The van der Waals surface area contributed by atoms with Crippen molar-refractivity contribution >= 4 is 0 Å². The van der Waals surface area contributed by atoms with E-state index < -0.39 is 11.8 Å². The van der Waals surface area contributed by atoms with Crippen LogP contribution in [0.15, 0.2) is 0 Å². The third-order valence-corrected chi connectivity index (χ3v) is 2.00. The lowest BCUT2D eigenvalue weighted by Gasteiger charge is -2.13. The van der Waals surface area contributed by atoms with E-state index in [0.717, 1.165) is 0 Å². The minimum atomic E-state index is -0.837. The Balaban J connectivity index is 2.35. The van der Waals surface area contributed by atoms with Crippen LogP contribution in [-0.4, -0.2) is 11.8 Å². The lowest BCUT2D eigenvalue weighted by molar-refractivity contribution is 0.237. The molecule has 1 saturated heterocycles. The summed E-state index contributed by atoms with van der Waals surface area (Å²) in [6, 6.07) is 0. The Morgan fingerprint density at radius 2 is 2.27 bits per heavy atom. The van der Waals surface area contributed by atoms with Crippen LogP contribution in [0.25, 0.3) is 0 Å². The standard InChI is InChI=1S/C8H13FN2/c1-3-5-6-8(10-11-8)7(9)4-2/h1,7,10-11H,4-6H2,2H3. The highest BCUT2D eigenvalue weighted by Gasteiger charge is 2.48. The van der Waals surface area contributed by atoms with Gasteiger partial charge in [0.25, 0.3) is 0 Å². The van der Waals surface area contributed by atoms with E-state index >= 15 is 0 Å². The summed E-state index contributed by atoms with van der Waals surface area (Å²) in [5, 5.41) is 0. The molecule has 0 bridgehead atoms. The second-order valence-electron chi connectivity index (χ2n) is 2.80. The number of halogens is 1. The van der Waals surface area contributed by atoms with E-state index in [2.05, 4.69) is 16.8 Å². The highest BCUT2D eigenvalue weighted by Crippen LogP contribution is 2.26. The van der Waals surface area contributed by atoms with Crippen molar-refractivity contribution in [2.24, 2.45) is 0 Å². The molecule has 1 atom stereocenters. The van der Waals surface area contributed by atoms with Crippen LogP contribution in [0.2, 0.25) is 0 Å². The molecule has 0 aliphatic carbocycles. The Labute approximate surface area is 66.5 Å².